The zero-order chi connectivity index (χ0) is 16.3. The van der Waals surface area contributed by atoms with Crippen LogP contribution in [0.2, 0.25) is 0 Å². The van der Waals surface area contributed by atoms with Crippen LogP contribution in [0.1, 0.15) is 24.2 Å². The molecular formula is C14H15N3O4S. The Balaban J connectivity index is 2.01. The first-order valence-electron chi connectivity index (χ1n) is 6.50. The van der Waals surface area contributed by atoms with Gasteiger partial charge >= 0.3 is 0 Å². The van der Waals surface area contributed by atoms with E-state index in [0.717, 1.165) is 11.8 Å². The molecule has 8 heteroatoms. The average Bonchev–Trinajstić information content (AvgIpc) is 2.79. The molecule has 1 heterocycles. The molecule has 2 aromatic rings. The van der Waals surface area contributed by atoms with Crippen LogP contribution in [0.25, 0.3) is 0 Å². The molecule has 0 radical (unpaired) electrons. The van der Waals surface area contributed by atoms with Gasteiger partial charge in [-0.05, 0) is 49.9 Å². The van der Waals surface area contributed by atoms with Crippen molar-refractivity contribution in [1.29, 1.82) is 0 Å². The van der Waals surface area contributed by atoms with Crippen LogP contribution in [-0.2, 0) is 11.8 Å². The molecule has 1 aromatic carbocycles. The first-order valence-corrected chi connectivity index (χ1v) is 7.38. The van der Waals surface area contributed by atoms with E-state index in [1.54, 1.807) is 38.2 Å². The van der Waals surface area contributed by atoms with Gasteiger partial charge < -0.3 is 14.9 Å². The van der Waals surface area contributed by atoms with Crippen molar-refractivity contribution in [3.63, 3.8) is 0 Å². The Hall–Kier alpha value is -2.35. The summed E-state index contributed by atoms with van der Waals surface area (Å²) in [5.41, 5.74) is 1.16. The molecule has 0 aliphatic rings. The van der Waals surface area contributed by atoms with E-state index in [1.807, 2.05) is 0 Å². The van der Waals surface area contributed by atoms with Gasteiger partial charge in [0.25, 0.3) is 5.03 Å². The van der Waals surface area contributed by atoms with Gasteiger partial charge in [0.05, 0.1) is 10.5 Å². The fraction of sp³-hybridized carbons (Fsp3) is 0.286. The van der Waals surface area contributed by atoms with Crippen LogP contribution in [0.15, 0.2) is 33.8 Å². The lowest BCUT2D eigenvalue weighted by atomic mass is 10.1. The lowest BCUT2D eigenvalue weighted by Crippen LogP contribution is -2.33. The normalized spacial score (nSPS) is 12.0. The largest absolute Gasteiger partial charge is 0.538 e. The van der Waals surface area contributed by atoms with Crippen LogP contribution >= 0.6 is 11.8 Å². The summed E-state index contributed by atoms with van der Waals surface area (Å²) in [6, 6.07) is 6.60. The quantitative estimate of drug-likeness (QED) is 0.499. The number of aromatic nitrogens is 2. The highest BCUT2D eigenvalue weighted by Crippen LogP contribution is 2.26. The second-order valence-electron chi connectivity index (χ2n) is 4.67. The minimum Gasteiger partial charge on any atom is -0.538 e. The molecule has 1 unspecified atom stereocenters. The molecule has 0 fully saturated rings. The van der Waals surface area contributed by atoms with Gasteiger partial charge in [0.1, 0.15) is 0 Å². The summed E-state index contributed by atoms with van der Waals surface area (Å²) < 4.78 is 5.79. The predicted octanol–water partition coefficient (Wildman–Crippen LogP) is 0.895. The van der Waals surface area contributed by atoms with Gasteiger partial charge in [-0.1, -0.05) is 4.68 Å². The number of rotatable bonds is 5. The molecule has 7 nitrogen and oxygen atoms in total. The second-order valence-corrected chi connectivity index (χ2v) is 6.00. The Morgan fingerprint density at radius 3 is 2.50 bits per heavy atom. The molecule has 1 amide bonds. The first kappa shape index (κ1) is 16.0. The van der Waals surface area contributed by atoms with Gasteiger partial charge in [0.15, 0.2) is 18.8 Å². The average molecular weight is 321 g/mol. The van der Waals surface area contributed by atoms with Crippen molar-refractivity contribution >= 4 is 29.1 Å². The number of anilines is 1. The summed E-state index contributed by atoms with van der Waals surface area (Å²) >= 11 is 1.07. The van der Waals surface area contributed by atoms with Crippen LogP contribution in [0.4, 0.5) is 5.69 Å². The molecule has 1 aromatic heterocycles. The molecule has 0 bridgehead atoms. The van der Waals surface area contributed by atoms with Gasteiger partial charge in [-0.2, -0.15) is 0 Å². The number of aryl methyl sites for hydroxylation is 1. The van der Waals surface area contributed by atoms with Crippen LogP contribution in [0.3, 0.4) is 0 Å². The maximum atomic E-state index is 12.1. The van der Waals surface area contributed by atoms with E-state index in [2.05, 4.69) is 15.1 Å². The standard InChI is InChI=1S/C14H15N3O4S/c1-8(18)10-4-6-11(7-5-10)15-12(19)9(2)22-13-14(20)21-16-17(13)3/h4-7,9H,1-3H3,(H-,15,16,18,19,20). The van der Waals surface area contributed by atoms with E-state index in [-0.39, 0.29) is 16.7 Å². The fourth-order valence-electron chi connectivity index (χ4n) is 1.68. The summed E-state index contributed by atoms with van der Waals surface area (Å²) in [7, 11) is 1.57. The maximum absolute atomic E-state index is 12.1. The molecule has 0 saturated carbocycles. The summed E-state index contributed by atoms with van der Waals surface area (Å²) in [5, 5.41) is 17.4. The Bertz CT molecular complexity index is 677. The number of hydrogen-bond acceptors (Lipinski definition) is 6. The van der Waals surface area contributed by atoms with Crippen LogP contribution < -0.4 is 15.1 Å². The number of benzene rings is 1. The number of carbonyl (C=O) groups excluding carboxylic acids is 2. The third kappa shape index (κ3) is 3.64. The summed E-state index contributed by atoms with van der Waals surface area (Å²) in [5.74, 6) is -0.871. The molecule has 1 atom stereocenters. The van der Waals surface area contributed by atoms with E-state index >= 15 is 0 Å². The van der Waals surface area contributed by atoms with Crippen molar-refractivity contribution in [3.05, 3.63) is 29.8 Å². The monoisotopic (exact) mass is 321 g/mol. The van der Waals surface area contributed by atoms with E-state index < -0.39 is 11.2 Å². The Labute approximate surface area is 131 Å². The van der Waals surface area contributed by atoms with Gasteiger partial charge in [-0.3, -0.25) is 9.59 Å². The molecule has 22 heavy (non-hydrogen) atoms. The number of nitrogens with one attached hydrogen (secondary N) is 1. The number of carbonyl (C=O) groups is 2. The van der Waals surface area contributed by atoms with Gasteiger partial charge in [0.2, 0.25) is 5.91 Å². The third-order valence-electron chi connectivity index (χ3n) is 2.93. The topological polar surface area (TPSA) is 99.1 Å². The van der Waals surface area contributed by atoms with Crippen molar-refractivity contribution in [2.45, 2.75) is 24.1 Å². The van der Waals surface area contributed by atoms with Gasteiger partial charge in [0, 0.05) is 11.3 Å². The van der Waals surface area contributed by atoms with Gasteiger partial charge in [-0.15, -0.1) is 0 Å². The molecule has 116 valence electrons. The molecule has 0 aliphatic carbocycles. The number of amides is 1. The minimum absolute atomic E-state index is 0.0373. The van der Waals surface area contributed by atoms with E-state index in [4.69, 9.17) is 0 Å². The van der Waals surface area contributed by atoms with Crippen molar-refractivity contribution in [1.82, 2.24) is 5.27 Å². The number of Topliss-reactive ketones (excluding diaryl/α,β-unsaturated/α-hetero) is 1. The third-order valence-corrected chi connectivity index (χ3v) is 4.15. The van der Waals surface area contributed by atoms with Crippen molar-refractivity contribution < 1.29 is 23.9 Å². The SMILES string of the molecule is CC(=O)c1ccc(NC(=O)C(C)Sc2c([O-])on[n+]2C)cc1. The highest BCUT2D eigenvalue weighted by molar-refractivity contribution is 8.00. The smallest absolute Gasteiger partial charge is 0.291 e. The second kappa shape index (κ2) is 6.61. The van der Waals surface area contributed by atoms with Crippen molar-refractivity contribution in [3.8, 4) is 5.95 Å². The van der Waals surface area contributed by atoms with Gasteiger partial charge in [-0.25, -0.2) is 0 Å². The number of ketones is 1. The predicted molar refractivity (Wildman–Crippen MR) is 77.5 cm³/mol. The highest BCUT2D eigenvalue weighted by atomic mass is 32.2. The Kier molecular flexibility index (Phi) is 4.81. The number of hydrogen-bond donors (Lipinski definition) is 1. The zero-order valence-electron chi connectivity index (χ0n) is 12.3. The summed E-state index contributed by atoms with van der Waals surface area (Å²) in [4.78, 5) is 23.3. The molecule has 0 aliphatic heterocycles. The van der Waals surface area contributed by atoms with Crippen molar-refractivity contribution in [2.24, 2.45) is 7.05 Å². The van der Waals surface area contributed by atoms with Crippen LogP contribution in [-0.4, -0.2) is 22.2 Å². The number of nitrogens with zero attached hydrogens (tertiary/aromatic N) is 2. The van der Waals surface area contributed by atoms with E-state index in [1.165, 1.54) is 11.6 Å². The maximum Gasteiger partial charge on any atom is 0.291 e. The van der Waals surface area contributed by atoms with Crippen LogP contribution in [0, 0.1) is 0 Å². The lowest BCUT2D eigenvalue weighted by Gasteiger charge is -2.10. The molecule has 0 saturated heterocycles. The highest BCUT2D eigenvalue weighted by Gasteiger charge is 2.22. The number of thioether (sulfide) groups is 1. The summed E-state index contributed by atoms with van der Waals surface area (Å²) in [6.07, 6.45) is 0. The molecule has 0 spiro atoms. The van der Waals surface area contributed by atoms with E-state index in [0.29, 0.717) is 11.3 Å². The summed E-state index contributed by atoms with van der Waals surface area (Å²) in [6.45, 7) is 3.15. The lowest BCUT2D eigenvalue weighted by molar-refractivity contribution is -0.772. The Morgan fingerprint density at radius 1 is 1.36 bits per heavy atom. The zero-order valence-corrected chi connectivity index (χ0v) is 13.1. The first-order chi connectivity index (χ1) is 10.4. The fourth-order valence-corrected chi connectivity index (χ4v) is 2.50. The van der Waals surface area contributed by atoms with Crippen molar-refractivity contribution in [2.75, 3.05) is 5.32 Å². The molecule has 1 N–H and O–H groups in total. The molecule has 2 rings (SSSR count). The van der Waals surface area contributed by atoms with Crippen LogP contribution in [0.5, 0.6) is 5.95 Å². The Morgan fingerprint density at radius 2 is 2.00 bits per heavy atom. The van der Waals surface area contributed by atoms with E-state index in [9.17, 15) is 14.7 Å². The minimum atomic E-state index is -0.571. The molecular weight excluding hydrogens is 306 g/mol.